The van der Waals surface area contributed by atoms with Gasteiger partial charge in [0.2, 0.25) is 0 Å². The van der Waals surface area contributed by atoms with Crippen LogP contribution in [0.5, 0.6) is 0 Å². The van der Waals surface area contributed by atoms with Crippen molar-refractivity contribution in [1.82, 2.24) is 5.32 Å². The van der Waals surface area contributed by atoms with Gasteiger partial charge >= 0.3 is 6.18 Å². The van der Waals surface area contributed by atoms with E-state index < -0.39 is 11.7 Å². The van der Waals surface area contributed by atoms with Gasteiger partial charge in [0, 0.05) is 10.5 Å². The SMILES string of the molecule is FC(F)(F)c1cc(Br)ccc1C1CCCCCN1. The van der Waals surface area contributed by atoms with Crippen LogP contribution in [0.4, 0.5) is 13.2 Å². The summed E-state index contributed by atoms with van der Waals surface area (Å²) in [6.07, 6.45) is -0.432. The first-order valence-electron chi connectivity index (χ1n) is 6.08. The molecule has 100 valence electrons. The van der Waals surface area contributed by atoms with E-state index in [1.54, 1.807) is 12.1 Å². The third-order valence-corrected chi connectivity index (χ3v) is 3.75. The summed E-state index contributed by atoms with van der Waals surface area (Å²) in [5.74, 6) is 0. The van der Waals surface area contributed by atoms with E-state index in [-0.39, 0.29) is 6.04 Å². The molecular formula is C13H15BrF3N. The number of benzene rings is 1. The summed E-state index contributed by atoms with van der Waals surface area (Å²) in [6.45, 7) is 0.790. The van der Waals surface area contributed by atoms with E-state index >= 15 is 0 Å². The molecule has 1 fully saturated rings. The Morgan fingerprint density at radius 2 is 1.94 bits per heavy atom. The second-order valence-corrected chi connectivity index (χ2v) is 5.50. The molecule has 1 aromatic carbocycles. The van der Waals surface area contributed by atoms with Gasteiger partial charge in [-0.05, 0) is 37.1 Å². The van der Waals surface area contributed by atoms with E-state index in [1.807, 2.05) is 0 Å². The molecule has 1 aromatic rings. The summed E-state index contributed by atoms with van der Waals surface area (Å²) in [4.78, 5) is 0. The second kappa shape index (κ2) is 5.61. The third-order valence-electron chi connectivity index (χ3n) is 3.26. The van der Waals surface area contributed by atoms with Crippen molar-refractivity contribution >= 4 is 15.9 Å². The Bertz CT molecular complexity index is 409. The molecular weight excluding hydrogens is 307 g/mol. The zero-order valence-electron chi connectivity index (χ0n) is 9.86. The van der Waals surface area contributed by atoms with Gasteiger partial charge in [-0.2, -0.15) is 13.2 Å². The largest absolute Gasteiger partial charge is 0.416 e. The molecule has 0 aliphatic carbocycles. The molecule has 18 heavy (non-hydrogen) atoms. The minimum Gasteiger partial charge on any atom is -0.310 e. The number of halogens is 4. The van der Waals surface area contributed by atoms with Gasteiger partial charge in [0.15, 0.2) is 0 Å². The highest BCUT2D eigenvalue weighted by Crippen LogP contribution is 2.38. The van der Waals surface area contributed by atoms with E-state index in [9.17, 15) is 13.2 Å². The molecule has 0 radical (unpaired) electrons. The predicted molar refractivity (Wildman–Crippen MR) is 68.4 cm³/mol. The van der Waals surface area contributed by atoms with Crippen molar-refractivity contribution in [3.05, 3.63) is 33.8 Å². The Kier molecular flexibility index (Phi) is 4.33. The summed E-state index contributed by atoms with van der Waals surface area (Å²) >= 11 is 3.11. The highest BCUT2D eigenvalue weighted by molar-refractivity contribution is 9.10. The molecule has 1 heterocycles. The fourth-order valence-electron chi connectivity index (χ4n) is 2.37. The van der Waals surface area contributed by atoms with Crippen molar-refractivity contribution in [2.45, 2.75) is 37.9 Å². The first kappa shape index (κ1) is 13.9. The van der Waals surface area contributed by atoms with Crippen LogP contribution >= 0.6 is 15.9 Å². The number of rotatable bonds is 1. The Morgan fingerprint density at radius 3 is 2.67 bits per heavy atom. The zero-order valence-corrected chi connectivity index (χ0v) is 11.4. The van der Waals surface area contributed by atoms with Crippen LogP contribution in [0, 0.1) is 0 Å². The molecule has 2 rings (SSSR count). The number of hydrogen-bond acceptors (Lipinski definition) is 1. The standard InChI is InChI=1S/C13H15BrF3N/c14-9-5-6-10(11(8-9)13(15,16)17)12-4-2-1-3-7-18-12/h5-6,8,12,18H,1-4,7H2. The molecule has 5 heteroatoms. The Hall–Kier alpha value is -0.550. The maximum atomic E-state index is 13.0. The van der Waals surface area contributed by atoms with Crippen LogP contribution in [-0.2, 0) is 6.18 Å². The van der Waals surface area contributed by atoms with Gasteiger partial charge in [-0.25, -0.2) is 0 Å². The lowest BCUT2D eigenvalue weighted by Crippen LogP contribution is -2.23. The van der Waals surface area contributed by atoms with Gasteiger partial charge in [-0.15, -0.1) is 0 Å². The molecule has 1 atom stereocenters. The topological polar surface area (TPSA) is 12.0 Å². The normalized spacial score (nSPS) is 21.7. The van der Waals surface area contributed by atoms with Crippen LogP contribution in [-0.4, -0.2) is 6.54 Å². The number of alkyl halides is 3. The molecule has 1 aliphatic rings. The minimum atomic E-state index is -4.30. The lowest BCUT2D eigenvalue weighted by Gasteiger charge is -2.21. The van der Waals surface area contributed by atoms with Crippen molar-refractivity contribution in [2.24, 2.45) is 0 Å². The summed E-state index contributed by atoms with van der Waals surface area (Å²) in [7, 11) is 0. The average Bonchev–Trinajstić information content (AvgIpc) is 2.56. The monoisotopic (exact) mass is 321 g/mol. The maximum absolute atomic E-state index is 13.0. The molecule has 1 aliphatic heterocycles. The van der Waals surface area contributed by atoms with Crippen LogP contribution in [0.15, 0.2) is 22.7 Å². The lowest BCUT2D eigenvalue weighted by molar-refractivity contribution is -0.138. The van der Waals surface area contributed by atoms with Crippen molar-refractivity contribution in [2.75, 3.05) is 6.54 Å². The summed E-state index contributed by atoms with van der Waals surface area (Å²) in [5.41, 5.74) is -0.163. The molecule has 0 aromatic heterocycles. The van der Waals surface area contributed by atoms with E-state index in [2.05, 4.69) is 21.2 Å². The average molecular weight is 322 g/mol. The first-order valence-corrected chi connectivity index (χ1v) is 6.88. The summed E-state index contributed by atoms with van der Waals surface area (Å²) in [6, 6.07) is 4.24. The lowest BCUT2D eigenvalue weighted by atomic mass is 9.96. The van der Waals surface area contributed by atoms with E-state index in [0.717, 1.165) is 32.2 Å². The molecule has 0 saturated carbocycles. The highest BCUT2D eigenvalue weighted by Gasteiger charge is 2.35. The van der Waals surface area contributed by atoms with Gasteiger partial charge in [0.25, 0.3) is 0 Å². The van der Waals surface area contributed by atoms with Gasteiger partial charge in [0.05, 0.1) is 5.56 Å². The van der Waals surface area contributed by atoms with E-state index in [4.69, 9.17) is 0 Å². The molecule has 1 unspecified atom stereocenters. The van der Waals surface area contributed by atoms with Crippen LogP contribution in [0.1, 0.15) is 42.9 Å². The highest BCUT2D eigenvalue weighted by atomic mass is 79.9. The van der Waals surface area contributed by atoms with Crippen LogP contribution in [0.3, 0.4) is 0 Å². The van der Waals surface area contributed by atoms with E-state index in [1.165, 1.54) is 6.07 Å². The summed E-state index contributed by atoms with van der Waals surface area (Å²) < 4.78 is 39.6. The molecule has 1 nitrogen and oxygen atoms in total. The fraction of sp³-hybridized carbons (Fsp3) is 0.538. The Labute approximate surface area is 113 Å². The quantitative estimate of drug-likeness (QED) is 0.792. The van der Waals surface area contributed by atoms with Crippen molar-refractivity contribution in [1.29, 1.82) is 0 Å². The van der Waals surface area contributed by atoms with Crippen LogP contribution in [0.2, 0.25) is 0 Å². The maximum Gasteiger partial charge on any atom is 0.416 e. The minimum absolute atomic E-state index is 0.183. The van der Waals surface area contributed by atoms with Crippen LogP contribution in [0.25, 0.3) is 0 Å². The van der Waals surface area contributed by atoms with Crippen molar-refractivity contribution in [3.8, 4) is 0 Å². The van der Waals surface area contributed by atoms with Crippen LogP contribution < -0.4 is 5.32 Å². The molecule has 1 saturated heterocycles. The van der Waals surface area contributed by atoms with Crippen molar-refractivity contribution < 1.29 is 13.2 Å². The van der Waals surface area contributed by atoms with Gasteiger partial charge in [-0.3, -0.25) is 0 Å². The molecule has 0 spiro atoms. The van der Waals surface area contributed by atoms with E-state index in [0.29, 0.717) is 10.0 Å². The van der Waals surface area contributed by atoms with Gasteiger partial charge < -0.3 is 5.32 Å². The Morgan fingerprint density at radius 1 is 1.17 bits per heavy atom. The molecule has 0 amide bonds. The molecule has 0 bridgehead atoms. The summed E-state index contributed by atoms with van der Waals surface area (Å²) in [5, 5.41) is 3.21. The second-order valence-electron chi connectivity index (χ2n) is 4.59. The Balaban J connectivity index is 2.36. The van der Waals surface area contributed by atoms with Crippen molar-refractivity contribution in [3.63, 3.8) is 0 Å². The third kappa shape index (κ3) is 3.26. The fourth-order valence-corrected chi connectivity index (χ4v) is 2.73. The van der Waals surface area contributed by atoms with Gasteiger partial charge in [0.1, 0.15) is 0 Å². The number of nitrogens with one attached hydrogen (secondary N) is 1. The predicted octanol–water partition coefficient (Wildman–Crippen LogP) is 4.67. The molecule has 1 N–H and O–H groups in total. The first-order chi connectivity index (χ1) is 8.48. The number of hydrogen-bond donors (Lipinski definition) is 1. The zero-order chi connectivity index (χ0) is 13.2. The smallest absolute Gasteiger partial charge is 0.310 e. The van der Waals surface area contributed by atoms with Gasteiger partial charge in [-0.1, -0.05) is 34.8 Å².